The summed E-state index contributed by atoms with van der Waals surface area (Å²) in [6.45, 7) is 2.68. The number of rotatable bonds is 5. The van der Waals surface area contributed by atoms with E-state index in [1.807, 2.05) is 0 Å². The normalized spacial score (nSPS) is 18.2. The van der Waals surface area contributed by atoms with Crippen molar-refractivity contribution in [1.29, 1.82) is 0 Å². The van der Waals surface area contributed by atoms with Crippen LogP contribution < -0.4 is 4.90 Å². The van der Waals surface area contributed by atoms with Crippen LogP contribution in [0.25, 0.3) is 0 Å². The number of anilines is 1. The fraction of sp³-hybridized carbons (Fsp3) is 0.389. The average molecular weight is 392 g/mol. The van der Waals surface area contributed by atoms with Crippen molar-refractivity contribution in [3.63, 3.8) is 0 Å². The number of hydrogen-bond donors (Lipinski definition) is 0. The Morgan fingerprint density at radius 1 is 1.26 bits per heavy atom. The van der Waals surface area contributed by atoms with Gasteiger partial charge in [0.25, 0.3) is 5.91 Å². The monoisotopic (exact) mass is 392 g/mol. The number of amides is 1. The average Bonchev–Trinajstić information content (AvgIpc) is 3.15. The zero-order valence-electron chi connectivity index (χ0n) is 15.0. The molecule has 0 unspecified atom stereocenters. The topological polar surface area (TPSA) is 107 Å². The lowest BCUT2D eigenvalue weighted by molar-refractivity contribution is -0.122. The molecule has 3 rings (SSSR count). The van der Waals surface area contributed by atoms with Gasteiger partial charge in [-0.05, 0) is 32.4 Å². The summed E-state index contributed by atoms with van der Waals surface area (Å²) in [6.07, 6.45) is 0.348. The summed E-state index contributed by atoms with van der Waals surface area (Å²) in [5.41, 5.74) is 1.14. The van der Waals surface area contributed by atoms with Gasteiger partial charge < -0.3 is 14.2 Å². The third kappa shape index (κ3) is 4.19. The number of ether oxygens (including phenoxy) is 1. The molecule has 0 saturated carbocycles. The highest BCUT2D eigenvalue weighted by atomic mass is 32.2. The number of carbonyl (C=O) groups excluding carboxylic acids is 2. The summed E-state index contributed by atoms with van der Waals surface area (Å²) in [5.74, 6) is -0.944. The molecule has 1 aliphatic heterocycles. The zero-order valence-corrected chi connectivity index (χ0v) is 15.9. The van der Waals surface area contributed by atoms with Gasteiger partial charge >= 0.3 is 5.97 Å². The molecule has 2 heterocycles. The minimum Gasteiger partial charge on any atom is -0.452 e. The fourth-order valence-electron chi connectivity index (χ4n) is 3.17. The number of hydrogen-bond acceptors (Lipinski definition) is 7. The minimum atomic E-state index is -3.18. The van der Waals surface area contributed by atoms with Gasteiger partial charge in [0.1, 0.15) is 11.3 Å². The molecule has 0 bridgehead atoms. The van der Waals surface area contributed by atoms with Crippen molar-refractivity contribution in [1.82, 2.24) is 5.16 Å². The second-order valence-corrected chi connectivity index (χ2v) is 8.66. The van der Waals surface area contributed by atoms with Gasteiger partial charge in [0, 0.05) is 5.69 Å². The van der Waals surface area contributed by atoms with Gasteiger partial charge in [0.2, 0.25) is 0 Å². The molecule has 0 radical (unpaired) electrons. The smallest absolute Gasteiger partial charge is 0.344 e. The van der Waals surface area contributed by atoms with E-state index in [9.17, 15) is 18.0 Å². The Bertz CT molecular complexity index is 932. The van der Waals surface area contributed by atoms with Crippen LogP contribution in [0.1, 0.15) is 28.2 Å². The second-order valence-electron chi connectivity index (χ2n) is 6.43. The largest absolute Gasteiger partial charge is 0.452 e. The first-order valence-corrected chi connectivity index (χ1v) is 10.3. The van der Waals surface area contributed by atoms with Gasteiger partial charge in [0.05, 0.1) is 23.2 Å². The highest BCUT2D eigenvalue weighted by Crippen LogP contribution is 2.25. The van der Waals surface area contributed by atoms with Crippen LogP contribution >= 0.6 is 0 Å². The lowest BCUT2D eigenvalue weighted by Gasteiger charge is -2.28. The van der Waals surface area contributed by atoms with Crippen molar-refractivity contribution < 1.29 is 27.3 Å². The molecular formula is C18H20N2O6S. The van der Waals surface area contributed by atoms with E-state index in [1.54, 1.807) is 44.2 Å². The predicted octanol–water partition coefficient (Wildman–Crippen LogP) is 1.67. The summed E-state index contributed by atoms with van der Waals surface area (Å²) in [4.78, 5) is 26.5. The van der Waals surface area contributed by atoms with Crippen LogP contribution in [0.4, 0.5) is 5.69 Å². The van der Waals surface area contributed by atoms with Crippen LogP contribution in [0.2, 0.25) is 0 Å². The fourth-order valence-corrected chi connectivity index (χ4v) is 4.87. The SMILES string of the molecule is Cc1noc(C)c1C(=O)OCC(=O)N(c1ccccc1)[C@@H]1CCS(=O)(=O)C1. The number of benzene rings is 1. The first-order valence-electron chi connectivity index (χ1n) is 8.46. The van der Waals surface area contributed by atoms with Gasteiger partial charge in [-0.3, -0.25) is 4.79 Å². The van der Waals surface area contributed by atoms with E-state index in [-0.39, 0.29) is 17.1 Å². The van der Waals surface area contributed by atoms with Crippen molar-refractivity contribution in [3.8, 4) is 0 Å². The Kier molecular flexibility index (Phi) is 5.31. The Hall–Kier alpha value is -2.68. The maximum Gasteiger partial charge on any atom is 0.344 e. The zero-order chi connectivity index (χ0) is 19.6. The molecule has 1 aliphatic rings. The summed E-state index contributed by atoms with van der Waals surface area (Å²) in [6, 6.07) is 8.28. The summed E-state index contributed by atoms with van der Waals surface area (Å²) in [7, 11) is -3.18. The molecule has 1 atom stereocenters. The Morgan fingerprint density at radius 3 is 2.52 bits per heavy atom. The van der Waals surface area contributed by atoms with E-state index in [2.05, 4.69) is 5.16 Å². The molecule has 1 amide bonds. The number of aromatic nitrogens is 1. The number of carbonyl (C=O) groups is 2. The standard InChI is InChI=1S/C18H20N2O6S/c1-12-17(13(2)26-19-12)18(22)25-10-16(21)20(14-6-4-3-5-7-14)15-8-9-27(23,24)11-15/h3-7,15H,8-11H2,1-2H3/t15-/m1/s1. The van der Waals surface area contributed by atoms with Crippen molar-refractivity contribution in [2.75, 3.05) is 23.0 Å². The highest BCUT2D eigenvalue weighted by molar-refractivity contribution is 7.91. The summed E-state index contributed by atoms with van der Waals surface area (Å²) >= 11 is 0. The van der Waals surface area contributed by atoms with Gasteiger partial charge in [0.15, 0.2) is 16.4 Å². The highest BCUT2D eigenvalue weighted by Gasteiger charge is 2.36. The molecule has 144 valence electrons. The molecule has 1 fully saturated rings. The Labute approximate surface area is 157 Å². The van der Waals surface area contributed by atoms with Crippen molar-refractivity contribution in [2.24, 2.45) is 0 Å². The van der Waals surface area contributed by atoms with Crippen molar-refractivity contribution >= 4 is 27.4 Å². The first kappa shape index (κ1) is 19.1. The van der Waals surface area contributed by atoms with Crippen LogP contribution in [0.5, 0.6) is 0 Å². The first-order chi connectivity index (χ1) is 12.8. The molecule has 1 aromatic heterocycles. The van der Waals surface area contributed by atoms with Crippen LogP contribution in [-0.4, -0.2) is 49.6 Å². The van der Waals surface area contributed by atoms with Gasteiger partial charge in [-0.1, -0.05) is 23.4 Å². The molecule has 9 heteroatoms. The van der Waals surface area contributed by atoms with Gasteiger partial charge in [-0.2, -0.15) is 0 Å². The number of nitrogens with zero attached hydrogens (tertiary/aromatic N) is 2. The van der Waals surface area contributed by atoms with E-state index < -0.39 is 34.4 Å². The quantitative estimate of drug-likeness (QED) is 0.712. The molecular weight excluding hydrogens is 372 g/mol. The molecule has 2 aromatic rings. The molecule has 1 aromatic carbocycles. The molecule has 0 aliphatic carbocycles. The van der Waals surface area contributed by atoms with E-state index in [0.29, 0.717) is 23.6 Å². The van der Waals surface area contributed by atoms with Crippen molar-refractivity contribution in [2.45, 2.75) is 26.3 Å². The van der Waals surface area contributed by atoms with Crippen LogP contribution in [-0.2, 0) is 19.4 Å². The second kappa shape index (κ2) is 7.51. The molecule has 0 spiro atoms. The van der Waals surface area contributed by atoms with E-state index >= 15 is 0 Å². The van der Waals surface area contributed by atoms with Crippen molar-refractivity contribution in [3.05, 3.63) is 47.3 Å². The van der Waals surface area contributed by atoms with Crippen LogP contribution in [0, 0.1) is 13.8 Å². The lowest BCUT2D eigenvalue weighted by Crippen LogP contribution is -2.43. The Morgan fingerprint density at radius 2 is 1.96 bits per heavy atom. The minimum absolute atomic E-state index is 0.0349. The molecule has 1 saturated heterocycles. The third-order valence-electron chi connectivity index (χ3n) is 4.44. The van der Waals surface area contributed by atoms with Gasteiger partial charge in [-0.25, -0.2) is 13.2 Å². The number of para-hydroxylation sites is 1. The van der Waals surface area contributed by atoms with Gasteiger partial charge in [-0.15, -0.1) is 0 Å². The number of sulfone groups is 1. The summed E-state index contributed by atoms with van der Waals surface area (Å²) in [5, 5.41) is 3.69. The lowest BCUT2D eigenvalue weighted by atomic mass is 10.2. The van der Waals surface area contributed by atoms with Crippen LogP contribution in [0.15, 0.2) is 34.9 Å². The summed E-state index contributed by atoms with van der Waals surface area (Å²) < 4.78 is 33.8. The molecule has 8 nitrogen and oxygen atoms in total. The molecule has 0 N–H and O–H groups in total. The number of esters is 1. The third-order valence-corrected chi connectivity index (χ3v) is 6.19. The Balaban J connectivity index is 1.77. The molecule has 27 heavy (non-hydrogen) atoms. The van der Waals surface area contributed by atoms with Crippen LogP contribution in [0.3, 0.4) is 0 Å². The van der Waals surface area contributed by atoms with E-state index in [1.165, 1.54) is 4.90 Å². The maximum absolute atomic E-state index is 12.8. The predicted molar refractivity (Wildman–Crippen MR) is 97.2 cm³/mol. The maximum atomic E-state index is 12.8. The van der Waals surface area contributed by atoms with E-state index in [0.717, 1.165) is 0 Å². The number of aryl methyl sites for hydroxylation is 2. The van der Waals surface area contributed by atoms with E-state index in [4.69, 9.17) is 9.26 Å².